The predicted molar refractivity (Wildman–Crippen MR) is 118 cm³/mol. The van der Waals surface area contributed by atoms with Crippen LogP contribution in [-0.2, 0) is 6.42 Å². The molecule has 5 heteroatoms. The number of likely N-dealkylation sites (tertiary alicyclic amines) is 2. The molecule has 1 atom stereocenters. The van der Waals surface area contributed by atoms with Crippen molar-refractivity contribution in [3.05, 3.63) is 65.2 Å². The minimum absolute atomic E-state index is 0.123. The van der Waals surface area contributed by atoms with Crippen molar-refractivity contribution in [2.75, 3.05) is 32.4 Å². The smallest absolute Gasteiger partial charge is 0.253 e. The number of rotatable bonds is 5. The van der Waals surface area contributed by atoms with Gasteiger partial charge in [0.15, 0.2) is 0 Å². The number of benzene rings is 2. The Morgan fingerprint density at radius 1 is 0.931 bits per heavy atom. The summed E-state index contributed by atoms with van der Waals surface area (Å²) < 4.78 is 0. The van der Waals surface area contributed by atoms with E-state index in [1.54, 1.807) is 11.8 Å². The molecule has 0 aliphatic carbocycles. The Morgan fingerprint density at radius 3 is 2.38 bits per heavy atom. The zero-order valence-electron chi connectivity index (χ0n) is 17.0. The lowest BCUT2D eigenvalue weighted by atomic mass is 9.97. The predicted octanol–water partition coefficient (Wildman–Crippen LogP) is 4.35. The first-order valence-corrected chi connectivity index (χ1v) is 11.7. The van der Waals surface area contributed by atoms with Gasteiger partial charge in [-0.15, -0.1) is 11.8 Å². The number of carbonyl (C=O) groups is 2. The van der Waals surface area contributed by atoms with E-state index in [2.05, 4.69) is 6.07 Å². The Labute approximate surface area is 177 Å². The minimum atomic E-state index is 0.123. The summed E-state index contributed by atoms with van der Waals surface area (Å²) in [5.74, 6) is 0.723. The SMILES string of the molecule is CSc1ccc(C(=O)N2CCC(Cc3cccc(C(=O)N4CCCC4)c3)C2)cc1. The van der Waals surface area contributed by atoms with Gasteiger partial charge in [-0.1, -0.05) is 12.1 Å². The molecule has 1 unspecified atom stereocenters. The zero-order chi connectivity index (χ0) is 20.2. The number of hydrogen-bond acceptors (Lipinski definition) is 3. The molecule has 2 aliphatic rings. The minimum Gasteiger partial charge on any atom is -0.339 e. The molecule has 0 N–H and O–H groups in total. The lowest BCUT2D eigenvalue weighted by molar-refractivity contribution is 0.0782. The van der Waals surface area contributed by atoms with E-state index in [4.69, 9.17) is 0 Å². The first-order valence-electron chi connectivity index (χ1n) is 10.5. The number of carbonyl (C=O) groups excluding carboxylic acids is 2. The third kappa shape index (κ3) is 4.67. The van der Waals surface area contributed by atoms with E-state index in [1.807, 2.05) is 58.5 Å². The fourth-order valence-electron chi connectivity index (χ4n) is 4.37. The number of hydrogen-bond donors (Lipinski definition) is 0. The molecule has 2 fully saturated rings. The van der Waals surface area contributed by atoms with Crippen LogP contribution in [0.15, 0.2) is 53.4 Å². The van der Waals surface area contributed by atoms with Crippen LogP contribution < -0.4 is 0 Å². The second kappa shape index (κ2) is 9.04. The topological polar surface area (TPSA) is 40.6 Å². The van der Waals surface area contributed by atoms with Crippen LogP contribution in [0, 0.1) is 5.92 Å². The van der Waals surface area contributed by atoms with Crippen molar-refractivity contribution in [2.45, 2.75) is 30.6 Å². The van der Waals surface area contributed by atoms with Gasteiger partial charge in [0.25, 0.3) is 11.8 Å². The molecule has 2 aliphatic heterocycles. The highest BCUT2D eigenvalue weighted by molar-refractivity contribution is 7.98. The van der Waals surface area contributed by atoms with Gasteiger partial charge in [0.05, 0.1) is 0 Å². The summed E-state index contributed by atoms with van der Waals surface area (Å²) in [6, 6.07) is 15.9. The summed E-state index contributed by atoms with van der Waals surface area (Å²) in [6.45, 7) is 3.34. The van der Waals surface area contributed by atoms with Gasteiger partial charge >= 0.3 is 0 Å². The second-order valence-corrected chi connectivity index (χ2v) is 8.92. The highest BCUT2D eigenvalue weighted by Gasteiger charge is 2.27. The molecule has 2 saturated heterocycles. The lowest BCUT2D eigenvalue weighted by Gasteiger charge is -2.18. The zero-order valence-corrected chi connectivity index (χ0v) is 17.8. The largest absolute Gasteiger partial charge is 0.339 e. The molecule has 2 heterocycles. The van der Waals surface area contributed by atoms with Crippen LogP contribution in [0.5, 0.6) is 0 Å². The normalized spacial score (nSPS) is 19.0. The Bertz CT molecular complexity index is 875. The molecule has 2 aromatic rings. The van der Waals surface area contributed by atoms with E-state index in [0.717, 1.165) is 63.0 Å². The highest BCUT2D eigenvalue weighted by Crippen LogP contribution is 2.24. The monoisotopic (exact) mass is 408 g/mol. The van der Waals surface area contributed by atoms with Crippen LogP contribution in [0.2, 0.25) is 0 Å². The van der Waals surface area contributed by atoms with Gasteiger partial charge in [-0.3, -0.25) is 9.59 Å². The van der Waals surface area contributed by atoms with Gasteiger partial charge < -0.3 is 9.80 Å². The van der Waals surface area contributed by atoms with Crippen molar-refractivity contribution in [1.82, 2.24) is 9.80 Å². The van der Waals surface area contributed by atoms with Gasteiger partial charge in [-0.05, 0) is 79.8 Å². The maximum absolute atomic E-state index is 12.8. The fraction of sp³-hybridized carbons (Fsp3) is 0.417. The van der Waals surface area contributed by atoms with Crippen LogP contribution >= 0.6 is 11.8 Å². The first-order chi connectivity index (χ1) is 14.1. The molecular weight excluding hydrogens is 380 g/mol. The maximum atomic E-state index is 12.8. The molecule has 152 valence electrons. The van der Waals surface area contributed by atoms with Gasteiger partial charge in [-0.25, -0.2) is 0 Å². The quantitative estimate of drug-likeness (QED) is 0.691. The number of nitrogens with zero attached hydrogens (tertiary/aromatic N) is 2. The molecule has 2 aromatic carbocycles. The molecule has 4 nitrogen and oxygen atoms in total. The lowest BCUT2D eigenvalue weighted by Crippen LogP contribution is -2.29. The van der Waals surface area contributed by atoms with E-state index < -0.39 is 0 Å². The summed E-state index contributed by atoms with van der Waals surface area (Å²) in [4.78, 5) is 30.6. The first kappa shape index (κ1) is 20.0. The molecule has 2 amide bonds. The Hall–Kier alpha value is -2.27. The third-order valence-corrected chi connectivity index (χ3v) is 6.75. The van der Waals surface area contributed by atoms with E-state index in [0.29, 0.717) is 5.92 Å². The molecule has 0 radical (unpaired) electrons. The van der Waals surface area contributed by atoms with Crippen molar-refractivity contribution in [3.8, 4) is 0 Å². The maximum Gasteiger partial charge on any atom is 0.253 e. The fourth-order valence-corrected chi connectivity index (χ4v) is 4.78. The van der Waals surface area contributed by atoms with E-state index in [-0.39, 0.29) is 11.8 Å². The second-order valence-electron chi connectivity index (χ2n) is 8.04. The number of amides is 2. The van der Waals surface area contributed by atoms with E-state index in [1.165, 1.54) is 10.5 Å². The average molecular weight is 409 g/mol. The van der Waals surface area contributed by atoms with Gasteiger partial charge in [0.2, 0.25) is 0 Å². The summed E-state index contributed by atoms with van der Waals surface area (Å²) in [6.07, 6.45) is 6.18. The Morgan fingerprint density at radius 2 is 1.66 bits per heavy atom. The van der Waals surface area contributed by atoms with Crippen LogP contribution in [0.1, 0.15) is 45.5 Å². The van der Waals surface area contributed by atoms with Crippen molar-refractivity contribution in [3.63, 3.8) is 0 Å². The van der Waals surface area contributed by atoms with Crippen LogP contribution in [0.4, 0.5) is 0 Å². The molecule has 4 rings (SSSR count). The van der Waals surface area contributed by atoms with E-state index >= 15 is 0 Å². The molecule has 29 heavy (non-hydrogen) atoms. The molecule has 0 saturated carbocycles. The molecule has 0 spiro atoms. The van der Waals surface area contributed by atoms with Gasteiger partial charge in [0, 0.05) is 42.2 Å². The van der Waals surface area contributed by atoms with Gasteiger partial charge in [0.1, 0.15) is 0 Å². The third-order valence-electron chi connectivity index (χ3n) is 6.00. The van der Waals surface area contributed by atoms with Crippen molar-refractivity contribution < 1.29 is 9.59 Å². The molecule has 0 bridgehead atoms. The Kier molecular flexibility index (Phi) is 6.24. The van der Waals surface area contributed by atoms with Crippen molar-refractivity contribution in [1.29, 1.82) is 0 Å². The van der Waals surface area contributed by atoms with Crippen LogP contribution in [0.25, 0.3) is 0 Å². The average Bonchev–Trinajstić information content (AvgIpc) is 3.45. The molecular formula is C24H28N2O2S. The highest BCUT2D eigenvalue weighted by atomic mass is 32.2. The van der Waals surface area contributed by atoms with Crippen molar-refractivity contribution in [2.24, 2.45) is 5.92 Å². The van der Waals surface area contributed by atoms with Crippen LogP contribution in [0.3, 0.4) is 0 Å². The standard InChI is InChI=1S/C24H28N2O2S/c1-29-22-9-7-20(8-10-22)23(27)26-14-11-19(17-26)15-18-5-4-6-21(16-18)24(28)25-12-2-3-13-25/h4-10,16,19H,2-3,11-15,17H2,1H3. The van der Waals surface area contributed by atoms with Gasteiger partial charge in [-0.2, -0.15) is 0 Å². The summed E-state index contributed by atoms with van der Waals surface area (Å²) in [5, 5.41) is 0. The number of thioether (sulfide) groups is 1. The summed E-state index contributed by atoms with van der Waals surface area (Å²) in [7, 11) is 0. The molecule has 0 aromatic heterocycles. The Balaban J connectivity index is 1.36. The van der Waals surface area contributed by atoms with Crippen molar-refractivity contribution >= 4 is 23.6 Å². The summed E-state index contributed by atoms with van der Waals surface area (Å²) >= 11 is 1.68. The summed E-state index contributed by atoms with van der Waals surface area (Å²) in [5.41, 5.74) is 2.75. The van der Waals surface area contributed by atoms with Crippen LogP contribution in [-0.4, -0.2) is 54.0 Å². The van der Waals surface area contributed by atoms with E-state index in [9.17, 15) is 9.59 Å².